The molecule has 1 aliphatic heterocycles. The van der Waals surface area contributed by atoms with E-state index in [2.05, 4.69) is 41.9 Å². The molecule has 6 rings (SSSR count). The molecule has 3 aromatic carbocycles. The summed E-state index contributed by atoms with van der Waals surface area (Å²) < 4.78 is 0. The molecule has 0 bridgehead atoms. The normalized spacial score (nSPS) is 18.3. The molecular weight excluding hydrogens is 689 g/mol. The fourth-order valence-corrected chi connectivity index (χ4v) is 7.09. The maximum atomic E-state index is 13.7. The van der Waals surface area contributed by atoms with Gasteiger partial charge in [0.2, 0.25) is 17.6 Å². The number of nitrogens with one attached hydrogen (secondary N) is 5. The summed E-state index contributed by atoms with van der Waals surface area (Å²) in [6.07, 6.45) is 5.43. The number of aromatic amines is 1. The predicted octanol–water partition coefficient (Wildman–Crippen LogP) is 4.83. The quantitative estimate of drug-likeness (QED) is 0.127. The van der Waals surface area contributed by atoms with Gasteiger partial charge in [0, 0.05) is 40.8 Å². The second-order valence-electron chi connectivity index (χ2n) is 13.3. The monoisotopic (exact) mass is 733 g/mol. The Kier molecular flexibility index (Phi) is 13.2. The lowest BCUT2D eigenvalue weighted by Gasteiger charge is -2.28. The van der Waals surface area contributed by atoms with Crippen molar-refractivity contribution in [2.75, 3.05) is 25.0 Å². The van der Waals surface area contributed by atoms with Crippen LogP contribution in [0.3, 0.4) is 0 Å². The standard InChI is InChI=1S/C37H44ClN9O3.ClH/c1-22-30(36(49)41-29-16-18-40-19-17-29)14-15-31(33(22)38)25-6-2-23(3-7-25)20-32(43-35(48)27-8-4-24(21-39)5-9-27)37(50)42-28-12-10-26(11-13-28)34-44-46-47-45-34;/h2-3,6-7,10-15,24,27,29,32,40H,4-5,8-9,16-21,39H2,1H3,(H,41,49)(H,42,50)(H,43,48)(H,44,45,46,47);1H/t24?,27?,32-;/m0./s1. The number of anilines is 1. The van der Waals surface area contributed by atoms with Crippen LogP contribution in [0.4, 0.5) is 5.69 Å². The Bertz CT molecular complexity index is 1770. The minimum atomic E-state index is -0.805. The third kappa shape index (κ3) is 9.50. The first kappa shape index (κ1) is 37.9. The molecule has 1 aliphatic carbocycles. The number of hydrogen-bond donors (Lipinski definition) is 6. The number of piperidine rings is 1. The van der Waals surface area contributed by atoms with Gasteiger partial charge in [-0.15, -0.1) is 22.6 Å². The van der Waals surface area contributed by atoms with E-state index < -0.39 is 6.04 Å². The van der Waals surface area contributed by atoms with Gasteiger partial charge in [-0.1, -0.05) is 41.9 Å². The molecule has 7 N–H and O–H groups in total. The zero-order valence-electron chi connectivity index (χ0n) is 28.6. The van der Waals surface area contributed by atoms with Crippen LogP contribution in [0.25, 0.3) is 22.5 Å². The lowest BCUT2D eigenvalue weighted by molar-refractivity contribution is -0.130. The number of rotatable bonds is 11. The Hall–Kier alpha value is -4.36. The molecule has 270 valence electrons. The average molecular weight is 735 g/mol. The van der Waals surface area contributed by atoms with Crippen molar-refractivity contribution in [1.29, 1.82) is 0 Å². The van der Waals surface area contributed by atoms with Gasteiger partial charge in [-0.05, 0) is 123 Å². The number of amides is 3. The first-order valence-electron chi connectivity index (χ1n) is 17.3. The number of nitrogens with two attached hydrogens (primary N) is 1. The number of benzene rings is 3. The van der Waals surface area contributed by atoms with E-state index in [1.807, 2.05) is 43.3 Å². The summed E-state index contributed by atoms with van der Waals surface area (Å²) in [7, 11) is 0. The Morgan fingerprint density at radius 3 is 2.25 bits per heavy atom. The lowest BCUT2D eigenvalue weighted by atomic mass is 9.81. The minimum absolute atomic E-state index is 0. The van der Waals surface area contributed by atoms with E-state index in [0.717, 1.165) is 79.4 Å². The summed E-state index contributed by atoms with van der Waals surface area (Å²) in [6.45, 7) is 4.28. The summed E-state index contributed by atoms with van der Waals surface area (Å²) >= 11 is 6.84. The molecule has 0 spiro atoms. The molecule has 0 unspecified atom stereocenters. The van der Waals surface area contributed by atoms with Crippen LogP contribution in [0.5, 0.6) is 0 Å². The third-order valence-corrected chi connectivity index (χ3v) is 10.4. The average Bonchev–Trinajstić information content (AvgIpc) is 3.69. The number of H-pyrrole nitrogens is 1. The van der Waals surface area contributed by atoms with Gasteiger partial charge in [0.15, 0.2) is 0 Å². The highest BCUT2D eigenvalue weighted by molar-refractivity contribution is 6.34. The van der Waals surface area contributed by atoms with Crippen LogP contribution >= 0.6 is 24.0 Å². The second-order valence-corrected chi connectivity index (χ2v) is 13.7. The van der Waals surface area contributed by atoms with Crippen molar-refractivity contribution in [3.63, 3.8) is 0 Å². The van der Waals surface area contributed by atoms with Crippen LogP contribution in [0, 0.1) is 18.8 Å². The van der Waals surface area contributed by atoms with Crippen molar-refractivity contribution in [1.82, 2.24) is 36.6 Å². The van der Waals surface area contributed by atoms with E-state index in [1.165, 1.54) is 0 Å². The van der Waals surface area contributed by atoms with Crippen LogP contribution in [0.2, 0.25) is 5.02 Å². The van der Waals surface area contributed by atoms with Crippen molar-refractivity contribution in [3.05, 3.63) is 82.4 Å². The third-order valence-electron chi connectivity index (χ3n) is 9.95. The summed E-state index contributed by atoms with van der Waals surface area (Å²) in [4.78, 5) is 40.2. The van der Waals surface area contributed by atoms with Gasteiger partial charge in [-0.3, -0.25) is 14.4 Å². The van der Waals surface area contributed by atoms with E-state index in [4.69, 9.17) is 17.3 Å². The van der Waals surface area contributed by atoms with Crippen LogP contribution in [0.15, 0.2) is 60.7 Å². The number of nitrogens with zero attached hydrogens (tertiary/aromatic N) is 3. The SMILES string of the molecule is Cc1c(C(=O)NC2CCNCC2)ccc(-c2ccc(C[C@H](NC(=O)C3CCC(CN)CC3)C(=O)Nc3ccc(-c4nn[nH]n4)cc3)cc2)c1Cl.Cl. The Balaban J connectivity index is 0.00000504. The molecule has 2 aliphatic rings. The van der Waals surface area contributed by atoms with Gasteiger partial charge in [-0.2, -0.15) is 5.21 Å². The Labute approximate surface area is 308 Å². The number of carbonyl (C=O) groups excluding carboxylic acids is 3. The molecule has 3 amide bonds. The largest absolute Gasteiger partial charge is 0.349 e. The molecule has 1 saturated heterocycles. The highest BCUT2D eigenvalue weighted by Crippen LogP contribution is 2.33. The zero-order chi connectivity index (χ0) is 35.0. The fraction of sp³-hybridized carbons (Fsp3) is 0.405. The number of hydrogen-bond acceptors (Lipinski definition) is 8. The second kappa shape index (κ2) is 17.7. The predicted molar refractivity (Wildman–Crippen MR) is 201 cm³/mol. The number of tetrazole rings is 1. The molecule has 12 nitrogen and oxygen atoms in total. The zero-order valence-corrected chi connectivity index (χ0v) is 30.2. The van der Waals surface area contributed by atoms with Crippen molar-refractivity contribution >= 4 is 47.4 Å². The van der Waals surface area contributed by atoms with Crippen molar-refractivity contribution < 1.29 is 14.4 Å². The summed E-state index contributed by atoms with van der Waals surface area (Å²) in [5.41, 5.74) is 11.1. The first-order valence-corrected chi connectivity index (χ1v) is 17.7. The highest BCUT2D eigenvalue weighted by atomic mass is 35.5. The molecule has 0 radical (unpaired) electrons. The van der Waals surface area contributed by atoms with Gasteiger partial charge >= 0.3 is 0 Å². The summed E-state index contributed by atoms with van der Waals surface area (Å²) in [5.74, 6) is 0.196. The maximum Gasteiger partial charge on any atom is 0.251 e. The van der Waals surface area contributed by atoms with Crippen LogP contribution in [0.1, 0.15) is 60.0 Å². The minimum Gasteiger partial charge on any atom is -0.349 e. The van der Waals surface area contributed by atoms with E-state index in [0.29, 0.717) is 41.0 Å². The number of aromatic nitrogens is 4. The van der Waals surface area contributed by atoms with Crippen LogP contribution < -0.4 is 27.0 Å². The van der Waals surface area contributed by atoms with Crippen LogP contribution in [-0.2, 0) is 16.0 Å². The molecule has 2 fully saturated rings. The number of carbonyl (C=O) groups is 3. The molecule has 4 aromatic rings. The molecular formula is C37H45Cl2N9O3. The first-order chi connectivity index (χ1) is 24.3. The lowest BCUT2D eigenvalue weighted by Crippen LogP contribution is -2.48. The van der Waals surface area contributed by atoms with E-state index >= 15 is 0 Å². The van der Waals surface area contributed by atoms with Gasteiger partial charge in [-0.25, -0.2) is 0 Å². The highest BCUT2D eigenvalue weighted by Gasteiger charge is 2.29. The molecule has 51 heavy (non-hydrogen) atoms. The summed E-state index contributed by atoms with van der Waals surface area (Å²) in [5, 5.41) is 27.0. The molecule has 14 heteroatoms. The fourth-order valence-electron chi connectivity index (χ4n) is 6.81. The van der Waals surface area contributed by atoms with Gasteiger partial charge in [0.1, 0.15) is 6.04 Å². The van der Waals surface area contributed by atoms with Crippen molar-refractivity contribution in [2.45, 2.75) is 64.0 Å². The van der Waals surface area contributed by atoms with Gasteiger partial charge < -0.3 is 27.0 Å². The smallest absolute Gasteiger partial charge is 0.251 e. The Morgan fingerprint density at radius 2 is 1.61 bits per heavy atom. The molecule has 1 saturated carbocycles. The molecule has 1 atom stereocenters. The van der Waals surface area contributed by atoms with E-state index in [9.17, 15) is 14.4 Å². The maximum absolute atomic E-state index is 13.7. The van der Waals surface area contributed by atoms with Crippen molar-refractivity contribution in [3.8, 4) is 22.5 Å². The summed E-state index contributed by atoms with van der Waals surface area (Å²) in [6, 6.07) is 18.0. The molecule has 2 heterocycles. The topological polar surface area (TPSA) is 180 Å². The Morgan fingerprint density at radius 1 is 0.922 bits per heavy atom. The molecule has 1 aromatic heterocycles. The van der Waals surface area contributed by atoms with Crippen molar-refractivity contribution in [2.24, 2.45) is 17.6 Å². The number of halogens is 2. The van der Waals surface area contributed by atoms with E-state index in [1.54, 1.807) is 24.3 Å². The van der Waals surface area contributed by atoms with Gasteiger partial charge in [0.05, 0.1) is 5.02 Å². The van der Waals surface area contributed by atoms with Gasteiger partial charge in [0.25, 0.3) is 5.91 Å². The van der Waals surface area contributed by atoms with E-state index in [-0.39, 0.29) is 42.1 Å². The van der Waals surface area contributed by atoms with Crippen LogP contribution in [-0.4, -0.2) is 70.1 Å².